The first-order valence-electron chi connectivity index (χ1n) is 9.20. The number of imidazole rings is 1. The number of fused-ring (bicyclic) bond motifs is 4. The van der Waals surface area contributed by atoms with E-state index < -0.39 is 0 Å². The Kier molecular flexibility index (Phi) is 3.23. The molecule has 0 amide bonds. The first-order chi connectivity index (χ1) is 12.9. The summed E-state index contributed by atoms with van der Waals surface area (Å²) in [6.07, 6.45) is 1.77. The number of pyridine rings is 1. The number of furan rings is 1. The highest BCUT2D eigenvalue weighted by atomic mass is 16.3. The molecular weight excluding hydrogens is 334 g/mol. The molecule has 0 aliphatic carbocycles. The van der Waals surface area contributed by atoms with Gasteiger partial charge in [-0.25, -0.2) is 9.97 Å². The molecule has 3 heterocycles. The van der Waals surface area contributed by atoms with E-state index in [1.807, 2.05) is 12.1 Å². The summed E-state index contributed by atoms with van der Waals surface area (Å²) in [5.41, 5.74) is 5.70. The van der Waals surface area contributed by atoms with Crippen molar-refractivity contribution in [2.45, 2.75) is 33.2 Å². The van der Waals surface area contributed by atoms with Gasteiger partial charge in [-0.2, -0.15) is 0 Å². The van der Waals surface area contributed by atoms with Crippen molar-refractivity contribution in [3.05, 3.63) is 60.3 Å². The lowest BCUT2D eigenvalue weighted by Crippen LogP contribution is -2.22. The smallest absolute Gasteiger partial charge is 0.227 e. The molecule has 134 valence electrons. The molecule has 27 heavy (non-hydrogen) atoms. The average Bonchev–Trinajstić information content (AvgIpc) is 3.20. The molecule has 0 unspecified atom stereocenters. The van der Waals surface area contributed by atoms with Gasteiger partial charge in [0.2, 0.25) is 5.71 Å². The number of hydrogen-bond acceptors (Lipinski definition) is 3. The molecule has 0 fully saturated rings. The summed E-state index contributed by atoms with van der Waals surface area (Å²) < 4.78 is 8.52. The lowest BCUT2D eigenvalue weighted by Gasteiger charge is -2.24. The van der Waals surface area contributed by atoms with Crippen molar-refractivity contribution in [3.63, 3.8) is 0 Å². The van der Waals surface area contributed by atoms with Gasteiger partial charge >= 0.3 is 0 Å². The molecular formula is C23H21N3O. The quantitative estimate of drug-likeness (QED) is 0.367. The molecule has 4 nitrogen and oxygen atoms in total. The highest BCUT2D eigenvalue weighted by Crippen LogP contribution is 2.39. The van der Waals surface area contributed by atoms with Gasteiger partial charge in [0, 0.05) is 22.5 Å². The van der Waals surface area contributed by atoms with Gasteiger partial charge < -0.3 is 8.98 Å². The zero-order chi connectivity index (χ0) is 18.8. The van der Waals surface area contributed by atoms with E-state index in [-0.39, 0.29) is 5.54 Å². The van der Waals surface area contributed by atoms with Crippen LogP contribution in [0, 0.1) is 6.92 Å². The van der Waals surface area contributed by atoms with Crippen LogP contribution in [0.4, 0.5) is 0 Å². The van der Waals surface area contributed by atoms with E-state index in [1.165, 1.54) is 5.56 Å². The van der Waals surface area contributed by atoms with Crippen molar-refractivity contribution in [3.8, 4) is 11.4 Å². The molecule has 0 radical (unpaired) electrons. The highest BCUT2D eigenvalue weighted by Gasteiger charge is 2.25. The van der Waals surface area contributed by atoms with E-state index in [2.05, 4.69) is 73.6 Å². The minimum Gasteiger partial charge on any atom is -0.437 e. The Balaban J connectivity index is 1.94. The zero-order valence-electron chi connectivity index (χ0n) is 15.9. The first-order valence-corrected chi connectivity index (χ1v) is 9.20. The van der Waals surface area contributed by atoms with Gasteiger partial charge in [0.1, 0.15) is 11.4 Å². The zero-order valence-corrected chi connectivity index (χ0v) is 15.9. The molecule has 0 spiro atoms. The monoisotopic (exact) mass is 355 g/mol. The number of rotatable bonds is 1. The molecule has 0 bridgehead atoms. The lowest BCUT2D eigenvalue weighted by atomic mass is 10.0. The SMILES string of the molecule is Cc1ccc(-c2nc3ccccc3n2C(C)(C)C)c2oc3ncccc3c12. The standard InChI is InChI=1S/C23H21N3O/c1-14-11-12-16(20-19(14)15-8-7-13-24-22(15)27-20)21-25-17-9-5-6-10-18(17)26(21)23(2,3)4/h5-13H,1-4H3. The third kappa shape index (κ3) is 2.29. The summed E-state index contributed by atoms with van der Waals surface area (Å²) >= 11 is 0. The van der Waals surface area contributed by atoms with E-state index in [0.717, 1.165) is 38.8 Å². The Morgan fingerprint density at radius 1 is 0.963 bits per heavy atom. The second-order valence-electron chi connectivity index (χ2n) is 8.02. The molecule has 0 saturated heterocycles. The maximum Gasteiger partial charge on any atom is 0.227 e. The predicted octanol–water partition coefficient (Wildman–Crippen LogP) is 6.06. The Morgan fingerprint density at radius 2 is 1.78 bits per heavy atom. The number of aryl methyl sites for hydroxylation is 1. The van der Waals surface area contributed by atoms with Crippen LogP contribution in [-0.4, -0.2) is 14.5 Å². The van der Waals surface area contributed by atoms with Gasteiger partial charge in [-0.15, -0.1) is 0 Å². The van der Waals surface area contributed by atoms with Gasteiger partial charge in [-0.05, 0) is 63.6 Å². The van der Waals surface area contributed by atoms with Crippen LogP contribution in [0.5, 0.6) is 0 Å². The third-order valence-electron chi connectivity index (χ3n) is 5.08. The summed E-state index contributed by atoms with van der Waals surface area (Å²) in [6, 6.07) is 16.6. The summed E-state index contributed by atoms with van der Waals surface area (Å²) in [4.78, 5) is 9.40. The van der Waals surface area contributed by atoms with E-state index in [0.29, 0.717) is 5.71 Å². The fraction of sp³-hybridized carbons (Fsp3) is 0.217. The van der Waals surface area contributed by atoms with Gasteiger partial charge in [-0.1, -0.05) is 18.2 Å². The number of hydrogen-bond donors (Lipinski definition) is 0. The minimum absolute atomic E-state index is 0.118. The normalized spacial score (nSPS) is 12.4. The van der Waals surface area contributed by atoms with Crippen molar-refractivity contribution in [1.29, 1.82) is 0 Å². The number of benzene rings is 2. The fourth-order valence-electron chi connectivity index (χ4n) is 3.94. The van der Waals surface area contributed by atoms with E-state index in [9.17, 15) is 0 Å². The number of para-hydroxylation sites is 2. The maximum absolute atomic E-state index is 6.22. The van der Waals surface area contributed by atoms with Crippen molar-refractivity contribution >= 4 is 33.1 Å². The topological polar surface area (TPSA) is 43.9 Å². The highest BCUT2D eigenvalue weighted by molar-refractivity contribution is 6.10. The van der Waals surface area contributed by atoms with Crippen LogP contribution in [0.15, 0.2) is 59.1 Å². The van der Waals surface area contributed by atoms with Gasteiger partial charge in [0.25, 0.3) is 0 Å². The van der Waals surface area contributed by atoms with Crippen LogP contribution in [-0.2, 0) is 5.54 Å². The fourth-order valence-corrected chi connectivity index (χ4v) is 3.94. The summed E-state index contributed by atoms with van der Waals surface area (Å²) in [6.45, 7) is 8.73. The van der Waals surface area contributed by atoms with Crippen LogP contribution >= 0.6 is 0 Å². The molecule has 0 aliphatic heterocycles. The maximum atomic E-state index is 6.22. The molecule has 0 aliphatic rings. The molecule has 2 aromatic carbocycles. The lowest BCUT2D eigenvalue weighted by molar-refractivity contribution is 0.413. The van der Waals surface area contributed by atoms with Crippen LogP contribution in [0.3, 0.4) is 0 Å². The van der Waals surface area contributed by atoms with Crippen molar-refractivity contribution in [2.24, 2.45) is 0 Å². The van der Waals surface area contributed by atoms with Crippen molar-refractivity contribution in [1.82, 2.24) is 14.5 Å². The molecule has 4 heteroatoms. The predicted molar refractivity (Wildman–Crippen MR) is 110 cm³/mol. The first kappa shape index (κ1) is 16.1. The Morgan fingerprint density at radius 3 is 2.59 bits per heavy atom. The van der Waals surface area contributed by atoms with Gasteiger partial charge in [0.05, 0.1) is 16.6 Å². The van der Waals surface area contributed by atoms with Gasteiger partial charge in [-0.3, -0.25) is 0 Å². The second kappa shape index (κ2) is 5.43. The molecule has 0 atom stereocenters. The van der Waals surface area contributed by atoms with E-state index in [4.69, 9.17) is 9.40 Å². The van der Waals surface area contributed by atoms with Gasteiger partial charge in [0.15, 0.2) is 0 Å². The Bertz CT molecular complexity index is 1320. The van der Waals surface area contributed by atoms with E-state index in [1.54, 1.807) is 6.20 Å². The second-order valence-corrected chi connectivity index (χ2v) is 8.02. The summed E-state index contributed by atoms with van der Waals surface area (Å²) in [7, 11) is 0. The number of aromatic nitrogens is 3. The van der Waals surface area contributed by atoms with Crippen LogP contribution in [0.1, 0.15) is 26.3 Å². The Hall–Kier alpha value is -3.14. The largest absolute Gasteiger partial charge is 0.437 e. The summed E-state index contributed by atoms with van der Waals surface area (Å²) in [5.74, 6) is 0.924. The van der Waals surface area contributed by atoms with Crippen LogP contribution in [0.25, 0.3) is 44.5 Å². The van der Waals surface area contributed by atoms with E-state index >= 15 is 0 Å². The molecule has 5 rings (SSSR count). The Labute approximate surface area is 157 Å². The van der Waals surface area contributed by atoms with Crippen molar-refractivity contribution < 1.29 is 4.42 Å². The van der Waals surface area contributed by atoms with Crippen LogP contribution in [0.2, 0.25) is 0 Å². The molecule has 5 aromatic rings. The summed E-state index contributed by atoms with van der Waals surface area (Å²) in [5, 5.41) is 2.16. The molecule has 3 aromatic heterocycles. The molecule has 0 N–H and O–H groups in total. The number of nitrogens with zero attached hydrogens (tertiary/aromatic N) is 3. The molecule has 0 saturated carbocycles. The van der Waals surface area contributed by atoms with Crippen molar-refractivity contribution in [2.75, 3.05) is 0 Å². The van der Waals surface area contributed by atoms with Crippen LogP contribution < -0.4 is 0 Å². The average molecular weight is 355 g/mol. The minimum atomic E-state index is -0.118. The third-order valence-corrected chi connectivity index (χ3v) is 5.08.